The number of hydrogen-bond acceptors (Lipinski definition) is 4. The molecule has 0 amide bonds. The van der Waals surface area contributed by atoms with Crippen molar-refractivity contribution in [3.63, 3.8) is 0 Å². The van der Waals surface area contributed by atoms with E-state index in [0.717, 1.165) is 38.4 Å². The number of rotatable bonds is 10. The smallest absolute Gasteiger partial charge is 0.0666 e. The van der Waals surface area contributed by atoms with Crippen LogP contribution in [0, 0.1) is 13.8 Å². The van der Waals surface area contributed by atoms with Crippen molar-refractivity contribution in [3.8, 4) is 0 Å². The minimum absolute atomic E-state index is 0.274. The van der Waals surface area contributed by atoms with Crippen molar-refractivity contribution in [2.45, 2.75) is 46.8 Å². The summed E-state index contributed by atoms with van der Waals surface area (Å²) >= 11 is 0. The number of aryl methyl sites for hydroxylation is 1. The third-order valence-electron chi connectivity index (χ3n) is 3.32. The molecule has 1 rings (SSSR count). The fourth-order valence-corrected chi connectivity index (χ4v) is 2.20. The lowest BCUT2D eigenvalue weighted by molar-refractivity contribution is 0.0706. The van der Waals surface area contributed by atoms with Gasteiger partial charge in [0.05, 0.1) is 31.6 Å². The van der Waals surface area contributed by atoms with E-state index in [1.807, 2.05) is 0 Å². The van der Waals surface area contributed by atoms with Crippen molar-refractivity contribution in [1.82, 2.24) is 15.1 Å². The Morgan fingerprint density at radius 2 is 1.95 bits per heavy atom. The van der Waals surface area contributed by atoms with Crippen LogP contribution in [-0.2, 0) is 22.4 Å². The summed E-state index contributed by atoms with van der Waals surface area (Å²) in [6.07, 6.45) is 1.28. The summed E-state index contributed by atoms with van der Waals surface area (Å²) in [5.41, 5.74) is 3.73. The molecule has 0 atom stereocenters. The first-order valence-corrected chi connectivity index (χ1v) is 7.40. The van der Waals surface area contributed by atoms with Gasteiger partial charge < -0.3 is 14.8 Å². The van der Waals surface area contributed by atoms with Gasteiger partial charge in [0.1, 0.15) is 0 Å². The Kier molecular flexibility index (Phi) is 7.80. The number of ether oxygens (including phenoxy) is 2. The lowest BCUT2D eigenvalue weighted by Gasteiger charge is -2.09. The average Bonchev–Trinajstić information content (AvgIpc) is 2.65. The number of nitrogens with one attached hydrogen (secondary N) is 1. The number of hydrogen-bond donors (Lipinski definition) is 1. The third kappa shape index (κ3) is 5.61. The maximum absolute atomic E-state index is 5.59. The second-order valence-corrected chi connectivity index (χ2v) is 5.28. The largest absolute Gasteiger partial charge is 0.383 e. The second kappa shape index (κ2) is 9.10. The Balaban J connectivity index is 2.44. The monoisotopic (exact) mass is 283 g/mol. The minimum atomic E-state index is 0.274. The van der Waals surface area contributed by atoms with E-state index in [9.17, 15) is 0 Å². The predicted octanol–water partition coefficient (Wildman–Crippen LogP) is 1.70. The molecule has 0 bridgehead atoms. The predicted molar refractivity (Wildman–Crippen MR) is 81.2 cm³/mol. The van der Waals surface area contributed by atoms with Gasteiger partial charge >= 0.3 is 0 Å². The molecular formula is C15H29N3O2. The summed E-state index contributed by atoms with van der Waals surface area (Å²) in [6, 6.07) is 0. The van der Waals surface area contributed by atoms with Crippen LogP contribution in [0.3, 0.4) is 0 Å². The first-order chi connectivity index (χ1) is 9.56. The molecule has 0 aromatic carbocycles. The van der Waals surface area contributed by atoms with E-state index in [0.29, 0.717) is 6.61 Å². The highest BCUT2D eigenvalue weighted by molar-refractivity contribution is 5.24. The summed E-state index contributed by atoms with van der Waals surface area (Å²) in [4.78, 5) is 0. The summed E-state index contributed by atoms with van der Waals surface area (Å²) < 4.78 is 12.7. The van der Waals surface area contributed by atoms with E-state index >= 15 is 0 Å². The fraction of sp³-hybridized carbons (Fsp3) is 0.800. The van der Waals surface area contributed by atoms with Crippen LogP contribution in [0.4, 0.5) is 0 Å². The van der Waals surface area contributed by atoms with Crippen LogP contribution in [-0.4, -0.2) is 49.3 Å². The molecule has 1 aromatic heterocycles. The van der Waals surface area contributed by atoms with Crippen molar-refractivity contribution in [3.05, 3.63) is 17.0 Å². The zero-order valence-corrected chi connectivity index (χ0v) is 13.5. The molecule has 5 heteroatoms. The van der Waals surface area contributed by atoms with Gasteiger partial charge in [-0.3, -0.25) is 4.68 Å². The van der Waals surface area contributed by atoms with Crippen LogP contribution in [0.2, 0.25) is 0 Å². The van der Waals surface area contributed by atoms with Gasteiger partial charge in [-0.15, -0.1) is 0 Å². The number of methoxy groups -OCH3 is 1. The number of aromatic nitrogens is 2. The second-order valence-electron chi connectivity index (χ2n) is 5.28. The van der Waals surface area contributed by atoms with Crippen molar-refractivity contribution in [1.29, 1.82) is 0 Å². The standard InChI is InChI=1S/C15H29N3O2/c1-12(2)20-11-9-18-14(4)15(13(3)17-18)6-7-16-8-10-19-5/h12,16H,6-11H2,1-5H3. The molecule has 1 heterocycles. The molecular weight excluding hydrogens is 254 g/mol. The summed E-state index contributed by atoms with van der Waals surface area (Å²) in [5.74, 6) is 0. The molecule has 5 nitrogen and oxygen atoms in total. The maximum Gasteiger partial charge on any atom is 0.0666 e. The summed E-state index contributed by atoms with van der Waals surface area (Å²) in [6.45, 7) is 12.5. The van der Waals surface area contributed by atoms with Gasteiger partial charge in [-0.25, -0.2) is 0 Å². The molecule has 20 heavy (non-hydrogen) atoms. The van der Waals surface area contributed by atoms with E-state index < -0.39 is 0 Å². The number of nitrogens with zero attached hydrogens (tertiary/aromatic N) is 2. The molecule has 1 aromatic rings. The lowest BCUT2D eigenvalue weighted by Crippen LogP contribution is -2.22. The van der Waals surface area contributed by atoms with Crippen molar-refractivity contribution in [2.24, 2.45) is 0 Å². The minimum Gasteiger partial charge on any atom is -0.383 e. The topological polar surface area (TPSA) is 48.3 Å². The van der Waals surface area contributed by atoms with Crippen LogP contribution in [0.5, 0.6) is 0 Å². The SMILES string of the molecule is COCCNCCc1c(C)nn(CCOC(C)C)c1C. The van der Waals surface area contributed by atoms with Crippen LogP contribution >= 0.6 is 0 Å². The van der Waals surface area contributed by atoms with Crippen LogP contribution < -0.4 is 5.32 Å². The fourth-order valence-electron chi connectivity index (χ4n) is 2.20. The molecule has 0 radical (unpaired) electrons. The molecule has 0 aliphatic heterocycles. The molecule has 0 fully saturated rings. The highest BCUT2D eigenvalue weighted by atomic mass is 16.5. The van der Waals surface area contributed by atoms with E-state index in [4.69, 9.17) is 9.47 Å². The van der Waals surface area contributed by atoms with Gasteiger partial charge in [0.15, 0.2) is 0 Å². The quantitative estimate of drug-likeness (QED) is 0.664. The normalized spacial score (nSPS) is 11.5. The zero-order valence-electron chi connectivity index (χ0n) is 13.5. The zero-order chi connectivity index (χ0) is 15.0. The first kappa shape index (κ1) is 17.1. The average molecular weight is 283 g/mol. The Morgan fingerprint density at radius 1 is 1.20 bits per heavy atom. The molecule has 1 N–H and O–H groups in total. The highest BCUT2D eigenvalue weighted by Gasteiger charge is 2.10. The Labute approximate surface area is 122 Å². The van der Waals surface area contributed by atoms with Gasteiger partial charge in [0.25, 0.3) is 0 Å². The molecule has 116 valence electrons. The lowest BCUT2D eigenvalue weighted by atomic mass is 10.1. The van der Waals surface area contributed by atoms with Gasteiger partial charge in [0, 0.05) is 19.3 Å². The van der Waals surface area contributed by atoms with Gasteiger partial charge in [-0.1, -0.05) is 0 Å². The van der Waals surface area contributed by atoms with E-state index in [1.165, 1.54) is 11.3 Å². The summed E-state index contributed by atoms with van der Waals surface area (Å²) in [7, 11) is 1.72. The van der Waals surface area contributed by atoms with Gasteiger partial charge in [-0.2, -0.15) is 5.10 Å². The van der Waals surface area contributed by atoms with Crippen molar-refractivity contribution >= 4 is 0 Å². The molecule has 0 saturated heterocycles. The van der Waals surface area contributed by atoms with E-state index in [2.05, 4.69) is 42.8 Å². The van der Waals surface area contributed by atoms with E-state index in [-0.39, 0.29) is 6.10 Å². The first-order valence-electron chi connectivity index (χ1n) is 7.40. The molecule has 0 aliphatic carbocycles. The molecule has 0 saturated carbocycles. The molecule has 0 aliphatic rings. The Bertz CT molecular complexity index is 389. The van der Waals surface area contributed by atoms with Crippen molar-refractivity contribution in [2.75, 3.05) is 33.4 Å². The Morgan fingerprint density at radius 3 is 2.60 bits per heavy atom. The van der Waals surface area contributed by atoms with Crippen molar-refractivity contribution < 1.29 is 9.47 Å². The molecule has 0 spiro atoms. The maximum atomic E-state index is 5.59. The van der Waals surface area contributed by atoms with Gasteiger partial charge in [-0.05, 0) is 46.2 Å². The van der Waals surface area contributed by atoms with Crippen LogP contribution in [0.1, 0.15) is 30.8 Å². The van der Waals surface area contributed by atoms with Crippen LogP contribution in [0.25, 0.3) is 0 Å². The molecule has 0 unspecified atom stereocenters. The summed E-state index contributed by atoms with van der Waals surface area (Å²) in [5, 5.41) is 7.98. The highest BCUT2D eigenvalue weighted by Crippen LogP contribution is 2.13. The van der Waals surface area contributed by atoms with Crippen LogP contribution in [0.15, 0.2) is 0 Å². The Hall–Kier alpha value is -0.910. The van der Waals surface area contributed by atoms with E-state index in [1.54, 1.807) is 7.11 Å². The van der Waals surface area contributed by atoms with Gasteiger partial charge in [0.2, 0.25) is 0 Å². The third-order valence-corrected chi connectivity index (χ3v) is 3.32.